The van der Waals surface area contributed by atoms with Gasteiger partial charge in [0.05, 0.1) is 30.9 Å². The maximum absolute atomic E-state index is 13.4. The number of fused-ring (bicyclic) bond motifs is 1. The second-order valence-corrected chi connectivity index (χ2v) is 9.32. The number of aryl methyl sites for hydroxylation is 2. The minimum absolute atomic E-state index is 0.119. The molecule has 1 atom stereocenters. The van der Waals surface area contributed by atoms with Gasteiger partial charge < -0.3 is 9.40 Å². The molecule has 0 aliphatic rings. The zero-order chi connectivity index (χ0) is 25.9. The zero-order valence-corrected chi connectivity index (χ0v) is 21.1. The number of nitrogens with zero attached hydrogens (tertiary/aromatic N) is 5. The van der Waals surface area contributed by atoms with Gasteiger partial charge in [0.1, 0.15) is 11.6 Å². The molecule has 3 heterocycles. The fourth-order valence-corrected chi connectivity index (χ4v) is 4.71. The van der Waals surface area contributed by atoms with Crippen molar-refractivity contribution in [3.8, 4) is 0 Å². The molecular weight excluding hydrogens is 471 g/mol. The summed E-state index contributed by atoms with van der Waals surface area (Å²) in [5.74, 6) is 1.16. The van der Waals surface area contributed by atoms with Gasteiger partial charge in [0.15, 0.2) is 5.82 Å². The first kappa shape index (κ1) is 24.6. The van der Waals surface area contributed by atoms with Gasteiger partial charge in [-0.25, -0.2) is 9.07 Å². The number of H-pyrrole nitrogens is 1. The number of tetrazole rings is 1. The number of halogens is 1. The van der Waals surface area contributed by atoms with E-state index < -0.39 is 0 Å². The topological polar surface area (TPSA) is 92.8 Å². The standard InChI is InChI=1S/C28H29FN6O2/c1-4-25(27-31-32-33-35(27)15-20-8-11-23(29)12-9-20)34(17-24-6-5-13-37-24)16-22-14-21-10-7-18(2)19(3)26(21)30-28(22)36/h5-14,25H,4,15-17H2,1-3H3,(H,30,36)/t25-/m1/s1. The molecule has 0 saturated carbocycles. The highest BCUT2D eigenvalue weighted by molar-refractivity contribution is 5.83. The highest BCUT2D eigenvalue weighted by Gasteiger charge is 2.27. The van der Waals surface area contributed by atoms with Crippen LogP contribution >= 0.6 is 0 Å². The number of nitrogens with one attached hydrogen (secondary N) is 1. The van der Waals surface area contributed by atoms with Crippen molar-refractivity contribution < 1.29 is 8.81 Å². The number of furan rings is 1. The monoisotopic (exact) mass is 500 g/mol. The molecule has 37 heavy (non-hydrogen) atoms. The lowest BCUT2D eigenvalue weighted by Gasteiger charge is -2.29. The highest BCUT2D eigenvalue weighted by atomic mass is 19.1. The molecule has 190 valence electrons. The van der Waals surface area contributed by atoms with Crippen LogP contribution in [0.15, 0.2) is 70.1 Å². The second-order valence-electron chi connectivity index (χ2n) is 9.32. The SMILES string of the molecule is CC[C@H](c1nnnn1Cc1ccc(F)cc1)N(Cc1ccco1)Cc1cc2ccc(C)c(C)c2[nH]c1=O. The molecule has 0 radical (unpaired) electrons. The summed E-state index contributed by atoms with van der Waals surface area (Å²) in [7, 11) is 0. The van der Waals surface area contributed by atoms with E-state index in [1.807, 2.05) is 38.1 Å². The van der Waals surface area contributed by atoms with E-state index in [-0.39, 0.29) is 17.4 Å². The van der Waals surface area contributed by atoms with Gasteiger partial charge in [-0.15, -0.1) is 5.10 Å². The first-order valence-electron chi connectivity index (χ1n) is 12.3. The van der Waals surface area contributed by atoms with Gasteiger partial charge in [-0.1, -0.05) is 31.2 Å². The summed E-state index contributed by atoms with van der Waals surface area (Å²) in [4.78, 5) is 18.4. The fourth-order valence-electron chi connectivity index (χ4n) is 4.71. The van der Waals surface area contributed by atoms with Gasteiger partial charge in [0.25, 0.3) is 5.56 Å². The summed E-state index contributed by atoms with van der Waals surface area (Å²) >= 11 is 0. The Morgan fingerprint density at radius 3 is 2.65 bits per heavy atom. The molecule has 3 aromatic heterocycles. The Morgan fingerprint density at radius 2 is 1.92 bits per heavy atom. The Kier molecular flexibility index (Phi) is 6.96. The molecule has 1 N–H and O–H groups in total. The van der Waals surface area contributed by atoms with Crippen molar-refractivity contribution >= 4 is 10.9 Å². The summed E-state index contributed by atoms with van der Waals surface area (Å²) in [6, 6.07) is 15.9. The zero-order valence-electron chi connectivity index (χ0n) is 21.1. The number of pyridine rings is 1. The summed E-state index contributed by atoms with van der Waals surface area (Å²) in [6.07, 6.45) is 2.34. The third-order valence-corrected chi connectivity index (χ3v) is 6.87. The molecule has 2 aromatic carbocycles. The van der Waals surface area contributed by atoms with Crippen molar-refractivity contribution in [1.82, 2.24) is 30.1 Å². The van der Waals surface area contributed by atoms with Crippen LogP contribution in [0.3, 0.4) is 0 Å². The van der Waals surface area contributed by atoms with E-state index in [2.05, 4.69) is 38.4 Å². The third-order valence-electron chi connectivity index (χ3n) is 6.87. The highest BCUT2D eigenvalue weighted by Crippen LogP contribution is 2.27. The van der Waals surface area contributed by atoms with Crippen molar-refractivity contribution in [3.63, 3.8) is 0 Å². The Balaban J connectivity index is 1.50. The van der Waals surface area contributed by atoms with Gasteiger partial charge in [-0.05, 0) is 83.1 Å². The van der Waals surface area contributed by atoms with Crippen molar-refractivity contribution in [2.24, 2.45) is 0 Å². The van der Waals surface area contributed by atoms with Crippen molar-refractivity contribution in [2.45, 2.75) is 52.9 Å². The summed E-state index contributed by atoms with van der Waals surface area (Å²) in [5.41, 5.74) is 4.49. The normalized spacial score (nSPS) is 12.5. The summed E-state index contributed by atoms with van der Waals surface area (Å²) in [6.45, 7) is 7.37. The molecule has 0 saturated heterocycles. The lowest BCUT2D eigenvalue weighted by atomic mass is 10.0. The van der Waals surface area contributed by atoms with E-state index in [0.717, 1.165) is 33.4 Å². The lowest BCUT2D eigenvalue weighted by Crippen LogP contribution is -2.32. The van der Waals surface area contributed by atoms with Crippen LogP contribution in [0.1, 0.15) is 53.2 Å². The molecule has 0 fully saturated rings. The smallest absolute Gasteiger partial charge is 0.252 e. The predicted octanol–water partition coefficient (Wildman–Crippen LogP) is 5.07. The van der Waals surface area contributed by atoms with Crippen molar-refractivity contribution in [2.75, 3.05) is 0 Å². The van der Waals surface area contributed by atoms with Crippen LogP contribution < -0.4 is 5.56 Å². The molecule has 8 nitrogen and oxygen atoms in total. The predicted molar refractivity (Wildman–Crippen MR) is 138 cm³/mol. The molecule has 0 aliphatic heterocycles. The van der Waals surface area contributed by atoms with Crippen LogP contribution in [-0.4, -0.2) is 30.1 Å². The van der Waals surface area contributed by atoms with Gasteiger partial charge >= 0.3 is 0 Å². The number of benzene rings is 2. The van der Waals surface area contributed by atoms with Crippen LogP contribution in [0.2, 0.25) is 0 Å². The Hall–Kier alpha value is -4.11. The number of rotatable bonds is 9. The van der Waals surface area contributed by atoms with Gasteiger partial charge in [0, 0.05) is 12.1 Å². The first-order valence-corrected chi connectivity index (χ1v) is 12.3. The van der Waals surface area contributed by atoms with Crippen LogP contribution in [0, 0.1) is 19.7 Å². The fraction of sp³-hybridized carbons (Fsp3) is 0.286. The van der Waals surface area contributed by atoms with Crippen molar-refractivity contribution in [3.05, 3.63) is 111 Å². The van der Waals surface area contributed by atoms with Crippen LogP contribution in [0.5, 0.6) is 0 Å². The number of hydrogen-bond acceptors (Lipinski definition) is 6. The molecule has 9 heteroatoms. The van der Waals surface area contributed by atoms with Crippen LogP contribution in [-0.2, 0) is 19.6 Å². The third kappa shape index (κ3) is 5.22. The number of aromatic amines is 1. The van der Waals surface area contributed by atoms with E-state index in [0.29, 0.717) is 37.4 Å². The van der Waals surface area contributed by atoms with E-state index in [4.69, 9.17) is 4.42 Å². The molecule has 0 spiro atoms. The van der Waals surface area contributed by atoms with E-state index >= 15 is 0 Å². The molecule has 5 aromatic rings. The maximum Gasteiger partial charge on any atom is 0.252 e. The van der Waals surface area contributed by atoms with Crippen molar-refractivity contribution in [1.29, 1.82) is 0 Å². The average molecular weight is 501 g/mol. The Labute approximate surface area is 213 Å². The molecular formula is C28H29FN6O2. The van der Waals surface area contributed by atoms with Gasteiger partial charge in [-0.2, -0.15) is 0 Å². The Morgan fingerprint density at radius 1 is 1.11 bits per heavy atom. The molecule has 5 rings (SSSR count). The summed E-state index contributed by atoms with van der Waals surface area (Å²) in [5, 5.41) is 13.5. The van der Waals surface area contributed by atoms with Gasteiger partial charge in [-0.3, -0.25) is 9.69 Å². The van der Waals surface area contributed by atoms with Gasteiger partial charge in [0.2, 0.25) is 0 Å². The quantitative estimate of drug-likeness (QED) is 0.304. The Bertz CT molecular complexity index is 1560. The largest absolute Gasteiger partial charge is 0.468 e. The number of hydrogen-bond donors (Lipinski definition) is 1. The van der Waals surface area contributed by atoms with Crippen LogP contribution in [0.25, 0.3) is 10.9 Å². The number of aromatic nitrogens is 5. The van der Waals surface area contributed by atoms with E-state index in [9.17, 15) is 9.18 Å². The average Bonchev–Trinajstić information content (AvgIpc) is 3.57. The first-order chi connectivity index (χ1) is 17.9. The minimum atomic E-state index is -0.289. The van der Waals surface area contributed by atoms with E-state index in [1.165, 1.54) is 12.1 Å². The van der Waals surface area contributed by atoms with E-state index in [1.54, 1.807) is 23.1 Å². The lowest BCUT2D eigenvalue weighted by molar-refractivity contribution is 0.149. The second kappa shape index (κ2) is 10.5. The van der Waals surface area contributed by atoms with Crippen LogP contribution in [0.4, 0.5) is 4.39 Å². The molecule has 0 bridgehead atoms. The minimum Gasteiger partial charge on any atom is -0.468 e. The maximum atomic E-state index is 13.4. The molecule has 0 aliphatic carbocycles. The molecule has 0 amide bonds. The molecule has 0 unspecified atom stereocenters. The summed E-state index contributed by atoms with van der Waals surface area (Å²) < 4.78 is 20.8.